The van der Waals surface area contributed by atoms with Gasteiger partial charge in [0.05, 0.1) is 38.1 Å². The number of aliphatic hydroxyl groups excluding tert-OH is 3. The van der Waals surface area contributed by atoms with E-state index in [0.717, 1.165) is 98.3 Å². The molecular formula is C49H75N3O6. The van der Waals surface area contributed by atoms with Crippen LogP contribution in [0.15, 0.2) is 72.8 Å². The summed E-state index contributed by atoms with van der Waals surface area (Å²) in [6.07, 6.45) is 18.3. The lowest BCUT2D eigenvalue weighted by Crippen LogP contribution is -2.24. The van der Waals surface area contributed by atoms with Gasteiger partial charge in [-0.25, -0.2) is 0 Å². The van der Waals surface area contributed by atoms with Gasteiger partial charge in [-0.3, -0.25) is 0 Å². The predicted molar refractivity (Wildman–Crippen MR) is 237 cm³/mol. The molecule has 0 bridgehead atoms. The number of nitrogens with two attached hydrogens (primary N) is 1. The van der Waals surface area contributed by atoms with Crippen LogP contribution in [-0.2, 0) is 0 Å². The van der Waals surface area contributed by atoms with E-state index in [9.17, 15) is 15.3 Å². The molecule has 0 spiro atoms. The molecule has 0 radical (unpaired) electrons. The lowest BCUT2D eigenvalue weighted by molar-refractivity contribution is 0.0808. The highest BCUT2D eigenvalue weighted by atomic mass is 16.5. The standard InChI is InChI=1S/C17H25NO2.C17H26O3.C15H24N2O/c1-13(18)10-17(19)15-8-5-9-16(11-15)20-12-14-6-3-2-4-7-14;1-2-5-17(19)14-7-4-9-16(11-14)20-12-13-6-3-8-15(18)10-13;16-9-10-17-14-7-4-8-15(11-14)18-12-13-5-2-1-3-6-13/h5,8-9,11,14,17-19H,2-4,6-7,10,12H2,1H3;4,7,9,11,13,15,17-19H,2-3,5-6,8,10,12H2,1H3;4,7-8,11,13,17H,1-3,5-6,9-10,12,16H2/t;13-,15+,17-;/m.1./s1. The van der Waals surface area contributed by atoms with E-state index in [1.807, 2.05) is 66.7 Å². The molecule has 322 valence electrons. The number of rotatable bonds is 18. The molecule has 58 heavy (non-hydrogen) atoms. The Bertz CT molecular complexity index is 1560. The van der Waals surface area contributed by atoms with Gasteiger partial charge in [0, 0.05) is 37.0 Å². The minimum Gasteiger partial charge on any atom is -0.493 e. The molecule has 3 aromatic rings. The van der Waals surface area contributed by atoms with Crippen molar-refractivity contribution in [3.05, 3.63) is 83.9 Å². The van der Waals surface area contributed by atoms with Crippen molar-refractivity contribution in [3.8, 4) is 17.2 Å². The van der Waals surface area contributed by atoms with Crippen molar-refractivity contribution in [3.63, 3.8) is 0 Å². The SMILES string of the molecule is CC(=N)CC(O)c1cccc(OCC2CCCCC2)c1.CCC[C@@H](O)c1cccc(OC[C@@H]2CCC[C@H](O)C2)c1.NCCNc1cccc(OCC2CCCCC2)c1. The summed E-state index contributed by atoms with van der Waals surface area (Å²) >= 11 is 0. The van der Waals surface area contributed by atoms with E-state index >= 15 is 0 Å². The monoisotopic (exact) mass is 802 g/mol. The number of aliphatic hydroxyl groups is 3. The number of hydrogen-bond acceptors (Lipinski definition) is 9. The highest BCUT2D eigenvalue weighted by Gasteiger charge is 2.21. The molecule has 9 heteroatoms. The van der Waals surface area contributed by atoms with Gasteiger partial charge >= 0.3 is 0 Å². The van der Waals surface area contributed by atoms with E-state index in [0.29, 0.717) is 37.1 Å². The first-order valence-electron chi connectivity index (χ1n) is 22.4. The zero-order valence-electron chi connectivity index (χ0n) is 35.6. The highest BCUT2D eigenvalue weighted by molar-refractivity contribution is 5.79. The Morgan fingerprint density at radius 3 is 1.71 bits per heavy atom. The van der Waals surface area contributed by atoms with E-state index in [1.54, 1.807) is 6.92 Å². The van der Waals surface area contributed by atoms with Crippen molar-refractivity contribution < 1.29 is 29.5 Å². The van der Waals surface area contributed by atoms with Crippen LogP contribution in [0.1, 0.15) is 146 Å². The fourth-order valence-corrected chi connectivity index (χ4v) is 8.15. The summed E-state index contributed by atoms with van der Waals surface area (Å²) in [5.74, 6) is 4.48. The van der Waals surface area contributed by atoms with Gasteiger partial charge in [0.2, 0.25) is 0 Å². The second kappa shape index (κ2) is 27.2. The fourth-order valence-electron chi connectivity index (χ4n) is 8.15. The number of nitrogens with one attached hydrogen (secondary N) is 2. The molecule has 1 unspecified atom stereocenters. The van der Waals surface area contributed by atoms with Gasteiger partial charge in [0.1, 0.15) is 17.2 Å². The number of anilines is 1. The van der Waals surface area contributed by atoms with Crippen LogP contribution in [0.25, 0.3) is 0 Å². The molecular weight excluding hydrogens is 727 g/mol. The summed E-state index contributed by atoms with van der Waals surface area (Å²) in [6.45, 7) is 7.53. The fraction of sp³-hybridized carbons (Fsp3) is 0.612. The molecule has 0 heterocycles. The molecule has 3 saturated carbocycles. The summed E-state index contributed by atoms with van der Waals surface area (Å²) in [5.41, 5.74) is 8.81. The van der Waals surface area contributed by atoms with Crippen LogP contribution in [0.5, 0.6) is 17.2 Å². The summed E-state index contributed by atoms with van der Waals surface area (Å²) in [7, 11) is 0. The lowest BCUT2D eigenvalue weighted by atomic mass is 9.88. The maximum absolute atomic E-state index is 10.0. The zero-order chi connectivity index (χ0) is 41.4. The lowest BCUT2D eigenvalue weighted by Gasteiger charge is -2.25. The third-order valence-electron chi connectivity index (χ3n) is 11.5. The maximum atomic E-state index is 10.0. The molecule has 3 aliphatic carbocycles. The highest BCUT2D eigenvalue weighted by Crippen LogP contribution is 2.29. The Balaban J connectivity index is 0.000000193. The molecule has 0 aliphatic heterocycles. The number of hydrogen-bond donors (Lipinski definition) is 6. The molecule has 3 fully saturated rings. The second-order valence-corrected chi connectivity index (χ2v) is 16.8. The Morgan fingerprint density at radius 1 is 0.690 bits per heavy atom. The largest absolute Gasteiger partial charge is 0.493 e. The van der Waals surface area contributed by atoms with Crippen molar-refractivity contribution in [1.29, 1.82) is 5.41 Å². The van der Waals surface area contributed by atoms with Gasteiger partial charge in [0.25, 0.3) is 0 Å². The van der Waals surface area contributed by atoms with E-state index in [1.165, 1.54) is 64.2 Å². The van der Waals surface area contributed by atoms with Crippen LogP contribution >= 0.6 is 0 Å². The zero-order valence-corrected chi connectivity index (χ0v) is 35.6. The van der Waals surface area contributed by atoms with Crippen molar-refractivity contribution in [2.75, 3.05) is 38.2 Å². The summed E-state index contributed by atoms with van der Waals surface area (Å²) in [5, 5.41) is 40.4. The third-order valence-corrected chi connectivity index (χ3v) is 11.5. The molecule has 7 N–H and O–H groups in total. The predicted octanol–water partition coefficient (Wildman–Crippen LogP) is 10.6. The first kappa shape index (κ1) is 47.1. The molecule has 0 amide bonds. The molecule has 9 nitrogen and oxygen atoms in total. The smallest absolute Gasteiger partial charge is 0.121 e. The maximum Gasteiger partial charge on any atom is 0.121 e. The van der Waals surface area contributed by atoms with E-state index < -0.39 is 12.2 Å². The van der Waals surface area contributed by atoms with Gasteiger partial charge in [-0.1, -0.05) is 88.6 Å². The molecule has 6 rings (SSSR count). The van der Waals surface area contributed by atoms with Gasteiger partial charge in [-0.2, -0.15) is 0 Å². The molecule has 3 aliphatic rings. The average molecular weight is 802 g/mol. The first-order valence-corrected chi connectivity index (χ1v) is 22.4. The molecule has 0 saturated heterocycles. The average Bonchev–Trinajstić information content (AvgIpc) is 3.25. The summed E-state index contributed by atoms with van der Waals surface area (Å²) in [6, 6.07) is 23.5. The summed E-state index contributed by atoms with van der Waals surface area (Å²) < 4.78 is 17.6. The van der Waals surface area contributed by atoms with Crippen molar-refractivity contribution in [2.45, 2.75) is 141 Å². The van der Waals surface area contributed by atoms with Gasteiger partial charge in [0.15, 0.2) is 0 Å². The summed E-state index contributed by atoms with van der Waals surface area (Å²) in [4.78, 5) is 0. The quantitative estimate of drug-likeness (QED) is 0.0696. The van der Waals surface area contributed by atoms with Crippen molar-refractivity contribution in [2.24, 2.45) is 23.5 Å². The minimum atomic E-state index is -0.606. The van der Waals surface area contributed by atoms with E-state index in [2.05, 4.69) is 18.3 Å². The Labute approximate surface area is 349 Å². The van der Waals surface area contributed by atoms with Gasteiger partial charge in [-0.05, 0) is 124 Å². The van der Waals surface area contributed by atoms with Crippen LogP contribution in [0.3, 0.4) is 0 Å². The first-order chi connectivity index (χ1) is 28.2. The van der Waals surface area contributed by atoms with Crippen molar-refractivity contribution >= 4 is 11.4 Å². The topological polar surface area (TPSA) is 150 Å². The van der Waals surface area contributed by atoms with Gasteiger partial charge in [-0.15, -0.1) is 0 Å². The Hall–Kier alpha value is -3.63. The van der Waals surface area contributed by atoms with Crippen LogP contribution in [-0.4, -0.2) is 60.0 Å². The normalized spacial score (nSPS) is 19.6. The Morgan fingerprint density at radius 2 is 1.19 bits per heavy atom. The number of ether oxygens (including phenoxy) is 3. The van der Waals surface area contributed by atoms with E-state index in [-0.39, 0.29) is 6.10 Å². The van der Waals surface area contributed by atoms with E-state index in [4.69, 9.17) is 25.4 Å². The molecule has 0 aromatic heterocycles. The van der Waals surface area contributed by atoms with Crippen molar-refractivity contribution in [1.82, 2.24) is 0 Å². The molecule has 4 atom stereocenters. The second-order valence-electron chi connectivity index (χ2n) is 16.8. The third kappa shape index (κ3) is 18.5. The Kier molecular flexibility index (Phi) is 22.1. The van der Waals surface area contributed by atoms with Gasteiger partial charge < -0.3 is 46.0 Å². The molecule has 3 aromatic carbocycles. The van der Waals surface area contributed by atoms with Crippen LogP contribution in [0.2, 0.25) is 0 Å². The van der Waals surface area contributed by atoms with Crippen LogP contribution in [0.4, 0.5) is 5.69 Å². The van der Waals surface area contributed by atoms with Crippen LogP contribution in [0, 0.1) is 23.2 Å². The number of benzene rings is 3. The minimum absolute atomic E-state index is 0.157. The van der Waals surface area contributed by atoms with Crippen LogP contribution < -0.4 is 25.3 Å².